The lowest BCUT2D eigenvalue weighted by Crippen LogP contribution is -2.44. The first kappa shape index (κ1) is 21.1. The van der Waals surface area contributed by atoms with Crippen LogP contribution in [-0.2, 0) is 17.8 Å². The number of carbonyl (C=O) groups excluding carboxylic acids is 1. The molecule has 1 atom stereocenters. The van der Waals surface area contributed by atoms with E-state index in [0.717, 1.165) is 50.2 Å². The summed E-state index contributed by atoms with van der Waals surface area (Å²) in [6, 6.07) is 9.74. The molecule has 0 bridgehead atoms. The number of nitrogens with zero attached hydrogens (tertiary/aromatic N) is 4. The molecule has 1 amide bonds. The Morgan fingerprint density at radius 3 is 2.86 bits per heavy atom. The van der Waals surface area contributed by atoms with Gasteiger partial charge in [-0.15, -0.1) is 0 Å². The first-order valence-electron chi connectivity index (χ1n) is 10.5. The first-order valence-corrected chi connectivity index (χ1v) is 10.5. The van der Waals surface area contributed by atoms with Gasteiger partial charge in [0, 0.05) is 44.5 Å². The molecule has 0 unspecified atom stereocenters. The predicted octanol–water partition coefficient (Wildman–Crippen LogP) is 2.83. The standard InChI is InChI=1S/C23H31N5O/c1-18(2)14-27-11-3-4-21(16-27)23(29)26-10-9-22-13-25-17-28(22)15-20-7-5-19(12-24)6-8-20/h5-8,13,17-18,21H,3-4,9-11,14-16H2,1-2H3,(H,26,29)/t21-/m0/s1. The molecule has 3 rings (SSSR count). The van der Waals surface area contributed by atoms with Gasteiger partial charge >= 0.3 is 0 Å². The number of hydrogen-bond donors (Lipinski definition) is 1. The fourth-order valence-corrected chi connectivity index (χ4v) is 3.99. The van der Waals surface area contributed by atoms with E-state index in [1.54, 1.807) is 0 Å². The van der Waals surface area contributed by atoms with Gasteiger partial charge in [0.1, 0.15) is 0 Å². The van der Waals surface area contributed by atoms with Crippen molar-refractivity contribution in [2.45, 2.75) is 39.7 Å². The van der Waals surface area contributed by atoms with E-state index in [4.69, 9.17) is 5.26 Å². The van der Waals surface area contributed by atoms with E-state index in [9.17, 15) is 4.79 Å². The van der Waals surface area contributed by atoms with Gasteiger partial charge in [-0.05, 0) is 43.0 Å². The molecule has 1 aromatic carbocycles. The highest BCUT2D eigenvalue weighted by molar-refractivity contribution is 5.78. The molecule has 1 aliphatic heterocycles. The fourth-order valence-electron chi connectivity index (χ4n) is 3.99. The van der Waals surface area contributed by atoms with Crippen LogP contribution in [0.1, 0.15) is 43.5 Å². The van der Waals surface area contributed by atoms with Gasteiger partial charge in [0.2, 0.25) is 5.91 Å². The van der Waals surface area contributed by atoms with Crippen molar-refractivity contribution in [2.24, 2.45) is 11.8 Å². The molecule has 0 spiro atoms. The van der Waals surface area contributed by atoms with Crippen LogP contribution in [0.4, 0.5) is 0 Å². The summed E-state index contributed by atoms with van der Waals surface area (Å²) >= 11 is 0. The molecule has 29 heavy (non-hydrogen) atoms. The number of nitrogens with one attached hydrogen (secondary N) is 1. The zero-order chi connectivity index (χ0) is 20.6. The second-order valence-electron chi connectivity index (χ2n) is 8.36. The first-order chi connectivity index (χ1) is 14.0. The van der Waals surface area contributed by atoms with Crippen LogP contribution in [0.2, 0.25) is 0 Å². The Morgan fingerprint density at radius 1 is 1.34 bits per heavy atom. The molecule has 1 N–H and O–H groups in total. The van der Waals surface area contributed by atoms with E-state index in [1.165, 1.54) is 0 Å². The number of likely N-dealkylation sites (tertiary alicyclic amines) is 1. The number of piperidine rings is 1. The smallest absolute Gasteiger partial charge is 0.224 e. The Hall–Kier alpha value is -2.65. The summed E-state index contributed by atoms with van der Waals surface area (Å²) < 4.78 is 2.10. The summed E-state index contributed by atoms with van der Waals surface area (Å²) in [5.41, 5.74) is 2.89. The van der Waals surface area contributed by atoms with Gasteiger partial charge in [-0.25, -0.2) is 4.98 Å². The molecular weight excluding hydrogens is 362 g/mol. The van der Waals surface area contributed by atoms with E-state index in [2.05, 4.69) is 39.7 Å². The van der Waals surface area contributed by atoms with Crippen molar-refractivity contribution in [3.63, 3.8) is 0 Å². The number of imidazole rings is 1. The van der Waals surface area contributed by atoms with Crippen LogP contribution in [0, 0.1) is 23.2 Å². The summed E-state index contributed by atoms with van der Waals surface area (Å²) in [7, 11) is 0. The third kappa shape index (κ3) is 6.16. The molecule has 1 aromatic heterocycles. The van der Waals surface area contributed by atoms with Gasteiger partial charge in [0.05, 0.1) is 23.9 Å². The number of nitriles is 1. The zero-order valence-electron chi connectivity index (χ0n) is 17.5. The quantitative estimate of drug-likeness (QED) is 0.748. The SMILES string of the molecule is CC(C)CN1CCC[C@H](C(=O)NCCc2cncn2Cc2ccc(C#N)cc2)C1. The Labute approximate surface area is 173 Å². The van der Waals surface area contributed by atoms with Gasteiger partial charge in [-0.2, -0.15) is 5.26 Å². The number of benzene rings is 1. The molecule has 1 saturated heterocycles. The third-order valence-electron chi connectivity index (χ3n) is 5.41. The molecule has 6 nitrogen and oxygen atoms in total. The summed E-state index contributed by atoms with van der Waals surface area (Å²) in [5.74, 6) is 0.913. The maximum Gasteiger partial charge on any atom is 0.224 e. The molecule has 2 aromatic rings. The van der Waals surface area contributed by atoms with Gasteiger partial charge in [0.15, 0.2) is 0 Å². The molecule has 154 valence electrons. The van der Waals surface area contributed by atoms with Crippen molar-refractivity contribution in [2.75, 3.05) is 26.2 Å². The summed E-state index contributed by atoms with van der Waals surface area (Å²) in [4.78, 5) is 19.3. The highest BCUT2D eigenvalue weighted by Gasteiger charge is 2.25. The lowest BCUT2D eigenvalue weighted by Gasteiger charge is -2.33. The molecule has 1 aliphatic rings. The normalized spacial score (nSPS) is 17.2. The minimum atomic E-state index is 0.103. The zero-order valence-corrected chi connectivity index (χ0v) is 17.5. The number of aromatic nitrogens is 2. The number of hydrogen-bond acceptors (Lipinski definition) is 4. The lowest BCUT2D eigenvalue weighted by atomic mass is 9.96. The van der Waals surface area contributed by atoms with Gasteiger partial charge in [0.25, 0.3) is 0 Å². The largest absolute Gasteiger partial charge is 0.355 e. The average molecular weight is 394 g/mol. The second-order valence-corrected chi connectivity index (χ2v) is 8.36. The number of rotatable bonds is 8. The molecular formula is C23H31N5O. The van der Waals surface area contributed by atoms with E-state index < -0.39 is 0 Å². The van der Waals surface area contributed by atoms with Crippen LogP contribution in [0.25, 0.3) is 0 Å². The van der Waals surface area contributed by atoms with Crippen molar-refractivity contribution in [1.29, 1.82) is 5.26 Å². The summed E-state index contributed by atoms with van der Waals surface area (Å²) in [6.07, 6.45) is 6.52. The highest BCUT2D eigenvalue weighted by atomic mass is 16.1. The Bertz CT molecular complexity index is 834. The van der Waals surface area contributed by atoms with Crippen LogP contribution in [0.5, 0.6) is 0 Å². The maximum atomic E-state index is 12.6. The fraction of sp³-hybridized carbons (Fsp3) is 0.522. The number of amides is 1. The van der Waals surface area contributed by atoms with Crippen LogP contribution in [0.3, 0.4) is 0 Å². The third-order valence-corrected chi connectivity index (χ3v) is 5.41. The molecule has 0 aliphatic carbocycles. The summed E-state index contributed by atoms with van der Waals surface area (Å²) in [5, 5.41) is 12.0. The van der Waals surface area contributed by atoms with Gasteiger partial charge < -0.3 is 14.8 Å². The van der Waals surface area contributed by atoms with Gasteiger partial charge in [-0.1, -0.05) is 26.0 Å². The monoisotopic (exact) mass is 393 g/mol. The number of carbonyl (C=O) groups is 1. The topological polar surface area (TPSA) is 74.0 Å². The van der Waals surface area contributed by atoms with E-state index in [-0.39, 0.29) is 11.8 Å². The van der Waals surface area contributed by atoms with Crippen molar-refractivity contribution in [1.82, 2.24) is 19.8 Å². The molecule has 1 fully saturated rings. The maximum absolute atomic E-state index is 12.6. The molecule has 0 radical (unpaired) electrons. The van der Waals surface area contributed by atoms with E-state index >= 15 is 0 Å². The van der Waals surface area contributed by atoms with Crippen molar-refractivity contribution in [3.05, 3.63) is 53.6 Å². The van der Waals surface area contributed by atoms with Crippen LogP contribution < -0.4 is 5.32 Å². The minimum absolute atomic E-state index is 0.103. The van der Waals surface area contributed by atoms with Crippen LogP contribution in [0.15, 0.2) is 36.8 Å². The predicted molar refractivity (Wildman–Crippen MR) is 113 cm³/mol. The van der Waals surface area contributed by atoms with E-state index in [1.807, 2.05) is 36.8 Å². The second kappa shape index (κ2) is 10.2. The van der Waals surface area contributed by atoms with Crippen LogP contribution >= 0.6 is 0 Å². The highest BCUT2D eigenvalue weighted by Crippen LogP contribution is 2.17. The van der Waals surface area contributed by atoms with Crippen molar-refractivity contribution in [3.8, 4) is 6.07 Å². The van der Waals surface area contributed by atoms with Crippen molar-refractivity contribution >= 4 is 5.91 Å². The van der Waals surface area contributed by atoms with Crippen molar-refractivity contribution < 1.29 is 4.79 Å². The molecule has 2 heterocycles. The van der Waals surface area contributed by atoms with Crippen LogP contribution in [-0.4, -0.2) is 46.5 Å². The average Bonchev–Trinajstić information content (AvgIpc) is 3.15. The molecule has 6 heteroatoms. The lowest BCUT2D eigenvalue weighted by molar-refractivity contribution is -0.126. The van der Waals surface area contributed by atoms with E-state index in [0.29, 0.717) is 24.6 Å². The molecule has 0 saturated carbocycles. The Morgan fingerprint density at radius 2 is 2.14 bits per heavy atom. The summed E-state index contributed by atoms with van der Waals surface area (Å²) in [6.45, 7) is 8.84. The Kier molecular flexibility index (Phi) is 7.42. The Balaban J connectivity index is 1.47. The minimum Gasteiger partial charge on any atom is -0.355 e. The van der Waals surface area contributed by atoms with Gasteiger partial charge in [-0.3, -0.25) is 4.79 Å².